The molecule has 31 heavy (non-hydrogen) atoms. The maximum absolute atomic E-state index is 13.3. The molecule has 0 fully saturated rings. The van der Waals surface area contributed by atoms with Crippen molar-refractivity contribution in [3.05, 3.63) is 65.2 Å². The summed E-state index contributed by atoms with van der Waals surface area (Å²) < 4.78 is 26.3. The quantitative estimate of drug-likeness (QED) is 0.642. The van der Waals surface area contributed by atoms with Gasteiger partial charge in [-0.2, -0.15) is 0 Å². The highest BCUT2D eigenvalue weighted by Crippen LogP contribution is 2.25. The zero-order valence-corrected chi connectivity index (χ0v) is 19.6. The molecule has 0 saturated carbocycles. The van der Waals surface area contributed by atoms with E-state index in [9.17, 15) is 18.0 Å². The molecule has 0 aliphatic heterocycles. The van der Waals surface area contributed by atoms with Gasteiger partial charge in [-0.3, -0.25) is 13.9 Å². The van der Waals surface area contributed by atoms with Crippen molar-refractivity contribution in [2.24, 2.45) is 0 Å². The van der Waals surface area contributed by atoms with Crippen LogP contribution in [0.5, 0.6) is 0 Å². The number of aryl methyl sites for hydroxylation is 1. The molecule has 0 aliphatic carbocycles. The number of amides is 2. The molecule has 1 unspecified atom stereocenters. The van der Waals surface area contributed by atoms with Crippen LogP contribution >= 0.6 is 0 Å². The Morgan fingerprint density at radius 2 is 1.68 bits per heavy atom. The number of sulfonamides is 1. The third kappa shape index (κ3) is 6.30. The Kier molecular flexibility index (Phi) is 8.21. The minimum atomic E-state index is -3.72. The lowest BCUT2D eigenvalue weighted by atomic mass is 10.1. The lowest BCUT2D eigenvalue weighted by Gasteiger charge is -2.31. The molecule has 2 rings (SSSR count). The molecular weight excluding hydrogens is 414 g/mol. The van der Waals surface area contributed by atoms with E-state index in [0.717, 1.165) is 27.3 Å². The van der Waals surface area contributed by atoms with Crippen LogP contribution in [-0.2, 0) is 26.0 Å². The van der Waals surface area contributed by atoms with Crippen LogP contribution in [0, 0.1) is 13.8 Å². The summed E-state index contributed by atoms with van der Waals surface area (Å²) in [7, 11) is -2.21. The second kappa shape index (κ2) is 10.4. The third-order valence-corrected chi connectivity index (χ3v) is 6.55. The van der Waals surface area contributed by atoms with E-state index >= 15 is 0 Å². The number of hydrogen-bond acceptors (Lipinski definition) is 4. The summed E-state index contributed by atoms with van der Waals surface area (Å²) in [5.41, 5.74) is 3.21. The number of rotatable bonds is 9. The van der Waals surface area contributed by atoms with Crippen LogP contribution < -0.4 is 9.62 Å². The van der Waals surface area contributed by atoms with Gasteiger partial charge in [0.2, 0.25) is 21.8 Å². The van der Waals surface area contributed by atoms with Crippen molar-refractivity contribution in [3.8, 4) is 0 Å². The van der Waals surface area contributed by atoms with Crippen molar-refractivity contribution < 1.29 is 18.0 Å². The van der Waals surface area contributed by atoms with Crippen LogP contribution in [0.1, 0.15) is 23.6 Å². The van der Waals surface area contributed by atoms with Crippen LogP contribution in [0.15, 0.2) is 48.5 Å². The Hall–Kier alpha value is -2.87. The molecule has 0 spiro atoms. The summed E-state index contributed by atoms with van der Waals surface area (Å²) in [6, 6.07) is 14.2. The summed E-state index contributed by atoms with van der Waals surface area (Å²) in [6.07, 6.45) is 1.63. The van der Waals surface area contributed by atoms with Gasteiger partial charge < -0.3 is 10.2 Å². The van der Waals surface area contributed by atoms with Crippen molar-refractivity contribution in [2.45, 2.75) is 33.2 Å². The number of carbonyl (C=O) groups excluding carboxylic acids is 2. The van der Waals surface area contributed by atoms with Gasteiger partial charge in [-0.1, -0.05) is 42.5 Å². The molecule has 0 bridgehead atoms. The van der Waals surface area contributed by atoms with Gasteiger partial charge in [-0.25, -0.2) is 8.42 Å². The number of benzene rings is 2. The second-order valence-electron chi connectivity index (χ2n) is 7.60. The molecule has 0 heterocycles. The predicted octanol–water partition coefficient (Wildman–Crippen LogP) is 2.28. The zero-order valence-electron chi connectivity index (χ0n) is 18.8. The third-order valence-electron chi connectivity index (χ3n) is 5.42. The van der Waals surface area contributed by atoms with Crippen molar-refractivity contribution in [2.75, 3.05) is 30.7 Å². The average Bonchev–Trinajstić information content (AvgIpc) is 2.73. The van der Waals surface area contributed by atoms with Crippen LogP contribution in [0.3, 0.4) is 0 Å². The molecule has 1 N–H and O–H groups in total. The van der Waals surface area contributed by atoms with Crippen LogP contribution in [0.25, 0.3) is 0 Å². The molecule has 2 aromatic carbocycles. The highest BCUT2D eigenvalue weighted by Gasteiger charge is 2.30. The van der Waals surface area contributed by atoms with E-state index in [0.29, 0.717) is 18.7 Å². The standard InChI is InChI=1S/C23H31N3O4S/c1-17-10-9-13-21(18(17)2)26(31(5,29)30)16-22(27)25(19(3)23(28)24-4)15-14-20-11-7-6-8-12-20/h6-13,19H,14-16H2,1-5H3,(H,24,28). The first-order chi connectivity index (χ1) is 14.6. The number of nitrogens with one attached hydrogen (secondary N) is 1. The monoisotopic (exact) mass is 445 g/mol. The van der Waals surface area contributed by atoms with E-state index in [1.165, 1.54) is 11.9 Å². The fourth-order valence-corrected chi connectivity index (χ4v) is 4.28. The van der Waals surface area contributed by atoms with Gasteiger partial charge in [0, 0.05) is 13.6 Å². The highest BCUT2D eigenvalue weighted by molar-refractivity contribution is 7.92. The number of anilines is 1. The summed E-state index contributed by atoms with van der Waals surface area (Å²) in [5.74, 6) is -0.739. The Balaban J connectivity index is 2.34. The lowest BCUT2D eigenvalue weighted by molar-refractivity contribution is -0.138. The molecule has 7 nitrogen and oxygen atoms in total. The van der Waals surface area contributed by atoms with E-state index in [1.807, 2.05) is 50.2 Å². The first-order valence-electron chi connectivity index (χ1n) is 10.1. The SMILES string of the molecule is CNC(=O)C(C)N(CCc1ccccc1)C(=O)CN(c1cccc(C)c1C)S(C)(=O)=O. The van der Waals surface area contributed by atoms with Gasteiger partial charge in [0.1, 0.15) is 12.6 Å². The molecule has 168 valence electrons. The summed E-state index contributed by atoms with van der Waals surface area (Å²) in [6.45, 7) is 5.28. The van der Waals surface area contributed by atoms with Gasteiger partial charge >= 0.3 is 0 Å². The summed E-state index contributed by atoms with van der Waals surface area (Å²) in [5, 5.41) is 2.57. The van der Waals surface area contributed by atoms with Crippen LogP contribution in [0.2, 0.25) is 0 Å². The number of nitrogens with zero attached hydrogens (tertiary/aromatic N) is 2. The second-order valence-corrected chi connectivity index (χ2v) is 9.51. The number of likely N-dealkylation sites (N-methyl/N-ethyl adjacent to an activating group) is 1. The highest BCUT2D eigenvalue weighted by atomic mass is 32.2. The van der Waals surface area contributed by atoms with E-state index < -0.39 is 22.0 Å². The summed E-state index contributed by atoms with van der Waals surface area (Å²) in [4.78, 5) is 27.0. The van der Waals surface area contributed by atoms with E-state index in [4.69, 9.17) is 0 Å². The minimum Gasteiger partial charge on any atom is -0.357 e. The molecule has 2 aromatic rings. The van der Waals surface area contributed by atoms with Crippen LogP contribution in [-0.4, -0.2) is 57.6 Å². The normalized spacial score (nSPS) is 12.2. The Labute approximate surface area is 185 Å². The lowest BCUT2D eigenvalue weighted by Crippen LogP contribution is -2.51. The van der Waals surface area contributed by atoms with Crippen molar-refractivity contribution in [1.82, 2.24) is 10.2 Å². The molecule has 2 amide bonds. The molecular formula is C23H31N3O4S. The van der Waals surface area contributed by atoms with Crippen molar-refractivity contribution in [1.29, 1.82) is 0 Å². The van der Waals surface area contributed by atoms with E-state index in [-0.39, 0.29) is 12.5 Å². The van der Waals surface area contributed by atoms with Gasteiger partial charge in [-0.15, -0.1) is 0 Å². The molecule has 0 aromatic heterocycles. The maximum Gasteiger partial charge on any atom is 0.244 e. The van der Waals surface area contributed by atoms with Crippen molar-refractivity contribution in [3.63, 3.8) is 0 Å². The Morgan fingerprint density at radius 3 is 2.26 bits per heavy atom. The topological polar surface area (TPSA) is 86.8 Å². The molecule has 0 radical (unpaired) electrons. The first-order valence-corrected chi connectivity index (χ1v) is 12.0. The molecule has 1 atom stereocenters. The van der Waals surface area contributed by atoms with Gasteiger partial charge in [-0.05, 0) is 49.9 Å². The maximum atomic E-state index is 13.3. The van der Waals surface area contributed by atoms with Gasteiger partial charge in [0.05, 0.1) is 11.9 Å². The Morgan fingerprint density at radius 1 is 1.03 bits per heavy atom. The van der Waals surface area contributed by atoms with Crippen LogP contribution in [0.4, 0.5) is 5.69 Å². The fourth-order valence-electron chi connectivity index (χ4n) is 3.38. The number of hydrogen-bond donors (Lipinski definition) is 1. The van der Waals surface area contributed by atoms with Gasteiger partial charge in [0.15, 0.2) is 0 Å². The Bertz CT molecular complexity index is 1020. The zero-order chi connectivity index (χ0) is 23.2. The predicted molar refractivity (Wildman–Crippen MR) is 123 cm³/mol. The van der Waals surface area contributed by atoms with Crippen molar-refractivity contribution >= 4 is 27.5 Å². The molecule has 0 aliphatic rings. The van der Waals surface area contributed by atoms with E-state index in [1.54, 1.807) is 19.1 Å². The van der Waals surface area contributed by atoms with Gasteiger partial charge in [0.25, 0.3) is 0 Å². The largest absolute Gasteiger partial charge is 0.357 e. The molecule has 0 saturated heterocycles. The minimum absolute atomic E-state index is 0.293. The molecule has 8 heteroatoms. The number of carbonyl (C=O) groups is 2. The average molecular weight is 446 g/mol. The first kappa shape index (κ1) is 24.4. The summed E-state index contributed by atoms with van der Waals surface area (Å²) >= 11 is 0. The smallest absolute Gasteiger partial charge is 0.244 e. The fraction of sp³-hybridized carbons (Fsp3) is 0.391. The van der Waals surface area contributed by atoms with E-state index in [2.05, 4.69) is 5.32 Å².